The molecule has 1 aliphatic rings. The number of carboxylic acid groups (broad SMARTS) is 1. The summed E-state index contributed by atoms with van der Waals surface area (Å²) in [4.78, 5) is 11.5. The van der Waals surface area contributed by atoms with Crippen molar-refractivity contribution in [1.29, 1.82) is 0 Å². The van der Waals surface area contributed by atoms with Gasteiger partial charge < -0.3 is 14.6 Å². The van der Waals surface area contributed by atoms with Gasteiger partial charge in [-0.25, -0.2) is 0 Å². The molecule has 5 heteroatoms. The summed E-state index contributed by atoms with van der Waals surface area (Å²) in [7, 11) is 3.10. The summed E-state index contributed by atoms with van der Waals surface area (Å²) >= 11 is 3.43. The lowest BCUT2D eigenvalue weighted by Gasteiger charge is -2.39. The van der Waals surface area contributed by atoms with Crippen LogP contribution in [0, 0.1) is 0 Å². The quantitative estimate of drug-likeness (QED) is 0.928. The van der Waals surface area contributed by atoms with Gasteiger partial charge in [0.1, 0.15) is 0 Å². The molecule has 1 aromatic rings. The largest absolute Gasteiger partial charge is 0.493 e. The van der Waals surface area contributed by atoms with Gasteiger partial charge in [-0.2, -0.15) is 0 Å². The Morgan fingerprint density at radius 3 is 2.22 bits per heavy atom. The van der Waals surface area contributed by atoms with Gasteiger partial charge in [0.05, 0.1) is 19.6 Å². The Morgan fingerprint density at radius 2 is 1.83 bits per heavy atom. The van der Waals surface area contributed by atoms with Crippen LogP contribution < -0.4 is 9.47 Å². The van der Waals surface area contributed by atoms with Crippen LogP contribution >= 0.6 is 15.9 Å². The number of hydrogen-bond donors (Lipinski definition) is 1. The van der Waals surface area contributed by atoms with Crippen molar-refractivity contribution in [1.82, 2.24) is 0 Å². The average molecular weight is 315 g/mol. The second-order valence-corrected chi connectivity index (χ2v) is 5.28. The number of carbonyl (C=O) groups is 1. The van der Waals surface area contributed by atoms with Gasteiger partial charge in [0.15, 0.2) is 11.5 Å². The zero-order chi connectivity index (χ0) is 13.3. The van der Waals surface area contributed by atoms with Gasteiger partial charge in [0.25, 0.3) is 0 Å². The van der Waals surface area contributed by atoms with Crippen molar-refractivity contribution in [3.8, 4) is 11.5 Å². The van der Waals surface area contributed by atoms with Crippen molar-refractivity contribution < 1.29 is 19.4 Å². The predicted molar refractivity (Wildman–Crippen MR) is 70.4 cm³/mol. The lowest BCUT2D eigenvalue weighted by molar-refractivity contribution is -0.147. The van der Waals surface area contributed by atoms with Crippen molar-refractivity contribution >= 4 is 21.9 Å². The van der Waals surface area contributed by atoms with Crippen molar-refractivity contribution in [3.05, 3.63) is 22.2 Å². The summed E-state index contributed by atoms with van der Waals surface area (Å²) in [6.45, 7) is 0. The normalized spacial score (nSPS) is 16.8. The molecule has 18 heavy (non-hydrogen) atoms. The molecule has 1 aromatic carbocycles. The van der Waals surface area contributed by atoms with E-state index in [2.05, 4.69) is 15.9 Å². The molecule has 0 aromatic heterocycles. The minimum atomic E-state index is -0.779. The molecule has 1 N–H and O–H groups in total. The number of methoxy groups -OCH3 is 2. The number of halogens is 1. The van der Waals surface area contributed by atoms with Crippen LogP contribution in [0.3, 0.4) is 0 Å². The van der Waals surface area contributed by atoms with Crippen LogP contribution in [-0.2, 0) is 10.2 Å². The topological polar surface area (TPSA) is 55.8 Å². The summed E-state index contributed by atoms with van der Waals surface area (Å²) in [5.74, 6) is 0.373. The molecule has 0 amide bonds. The second kappa shape index (κ2) is 4.80. The fraction of sp³-hybridized carbons (Fsp3) is 0.462. The average Bonchev–Trinajstić information content (AvgIpc) is 2.28. The smallest absolute Gasteiger partial charge is 0.314 e. The van der Waals surface area contributed by atoms with Crippen LogP contribution in [0.2, 0.25) is 0 Å². The van der Waals surface area contributed by atoms with E-state index in [9.17, 15) is 9.90 Å². The molecular weight excluding hydrogens is 300 g/mol. The molecule has 0 bridgehead atoms. The number of aliphatic carboxylic acids is 1. The number of rotatable bonds is 4. The van der Waals surface area contributed by atoms with E-state index in [0.717, 1.165) is 16.5 Å². The van der Waals surface area contributed by atoms with E-state index in [1.165, 1.54) is 0 Å². The maximum absolute atomic E-state index is 11.5. The molecule has 0 radical (unpaired) electrons. The van der Waals surface area contributed by atoms with Crippen LogP contribution in [0.4, 0.5) is 0 Å². The predicted octanol–water partition coefficient (Wildman–Crippen LogP) is 2.97. The van der Waals surface area contributed by atoms with Gasteiger partial charge in [0.2, 0.25) is 0 Å². The zero-order valence-corrected chi connectivity index (χ0v) is 11.9. The van der Waals surface area contributed by atoms with Crippen molar-refractivity contribution in [2.24, 2.45) is 0 Å². The number of benzene rings is 1. The van der Waals surface area contributed by atoms with Crippen LogP contribution in [0.1, 0.15) is 24.8 Å². The van der Waals surface area contributed by atoms with Gasteiger partial charge in [-0.05, 0) is 30.5 Å². The molecule has 1 aliphatic carbocycles. The van der Waals surface area contributed by atoms with E-state index >= 15 is 0 Å². The SMILES string of the molecule is COc1cc(Br)c(C2(C(=O)O)CCC2)cc1OC. The first-order valence-corrected chi connectivity index (χ1v) is 6.50. The van der Waals surface area contributed by atoms with E-state index in [1.54, 1.807) is 26.4 Å². The molecule has 0 unspecified atom stereocenters. The molecule has 0 spiro atoms. The molecule has 1 saturated carbocycles. The standard InChI is InChI=1S/C13H15BrO4/c1-17-10-6-8(9(14)7-11(10)18-2)13(12(15)16)4-3-5-13/h6-7H,3-5H2,1-2H3,(H,15,16). The fourth-order valence-corrected chi connectivity index (χ4v) is 3.05. The van der Waals surface area contributed by atoms with Gasteiger partial charge in [-0.3, -0.25) is 4.79 Å². The lowest BCUT2D eigenvalue weighted by Crippen LogP contribution is -2.42. The van der Waals surface area contributed by atoms with Crippen LogP contribution in [-0.4, -0.2) is 25.3 Å². The fourth-order valence-electron chi connectivity index (χ4n) is 2.35. The molecular formula is C13H15BrO4. The molecule has 0 aliphatic heterocycles. The molecule has 2 rings (SSSR count). The Bertz CT molecular complexity index is 480. The number of carboxylic acids is 1. The summed E-state index contributed by atoms with van der Waals surface area (Å²) in [5, 5.41) is 9.46. The van der Waals surface area contributed by atoms with Gasteiger partial charge in [-0.1, -0.05) is 22.4 Å². The highest BCUT2D eigenvalue weighted by Gasteiger charge is 2.47. The van der Waals surface area contributed by atoms with Gasteiger partial charge >= 0.3 is 5.97 Å². The molecule has 0 atom stereocenters. The minimum Gasteiger partial charge on any atom is -0.493 e. The summed E-state index contributed by atoms with van der Waals surface area (Å²) in [6, 6.07) is 3.52. The third kappa shape index (κ3) is 1.86. The first-order chi connectivity index (χ1) is 8.55. The molecule has 4 nitrogen and oxygen atoms in total. The van der Waals surface area contributed by atoms with Crippen LogP contribution in [0.15, 0.2) is 16.6 Å². The molecule has 0 saturated heterocycles. The molecule has 0 heterocycles. The highest BCUT2D eigenvalue weighted by atomic mass is 79.9. The van der Waals surface area contributed by atoms with E-state index in [-0.39, 0.29) is 0 Å². The monoisotopic (exact) mass is 314 g/mol. The zero-order valence-electron chi connectivity index (χ0n) is 10.3. The minimum absolute atomic E-state index is 0.559. The number of ether oxygens (including phenoxy) is 2. The van der Waals surface area contributed by atoms with E-state index in [0.29, 0.717) is 24.3 Å². The summed E-state index contributed by atoms with van der Waals surface area (Å²) < 4.78 is 11.2. The lowest BCUT2D eigenvalue weighted by atomic mass is 9.64. The number of hydrogen-bond acceptors (Lipinski definition) is 3. The first-order valence-electron chi connectivity index (χ1n) is 5.70. The Morgan fingerprint density at radius 1 is 1.28 bits per heavy atom. The Hall–Kier alpha value is -1.23. The summed E-state index contributed by atoms with van der Waals surface area (Å²) in [6.07, 6.45) is 2.26. The van der Waals surface area contributed by atoms with Gasteiger partial charge in [-0.15, -0.1) is 0 Å². The van der Waals surface area contributed by atoms with Crippen LogP contribution in [0.25, 0.3) is 0 Å². The summed E-state index contributed by atoms with van der Waals surface area (Å²) in [5.41, 5.74) is -0.0165. The maximum Gasteiger partial charge on any atom is 0.314 e. The molecule has 1 fully saturated rings. The Balaban J connectivity index is 2.54. The Kier molecular flexibility index (Phi) is 3.52. The highest BCUT2D eigenvalue weighted by molar-refractivity contribution is 9.10. The van der Waals surface area contributed by atoms with E-state index in [4.69, 9.17) is 9.47 Å². The Labute approximate surface area is 114 Å². The molecule has 98 valence electrons. The van der Waals surface area contributed by atoms with E-state index < -0.39 is 11.4 Å². The first kappa shape index (κ1) is 13.2. The maximum atomic E-state index is 11.5. The van der Waals surface area contributed by atoms with Crippen molar-refractivity contribution in [2.75, 3.05) is 14.2 Å². The van der Waals surface area contributed by atoms with Gasteiger partial charge in [0, 0.05) is 4.47 Å². The third-order valence-electron chi connectivity index (χ3n) is 3.61. The van der Waals surface area contributed by atoms with E-state index in [1.807, 2.05) is 0 Å². The highest BCUT2D eigenvalue weighted by Crippen LogP contribution is 2.49. The second-order valence-electron chi connectivity index (χ2n) is 4.43. The van der Waals surface area contributed by atoms with Crippen molar-refractivity contribution in [2.45, 2.75) is 24.7 Å². The van der Waals surface area contributed by atoms with Crippen LogP contribution in [0.5, 0.6) is 11.5 Å². The van der Waals surface area contributed by atoms with Crippen molar-refractivity contribution in [3.63, 3.8) is 0 Å². The third-order valence-corrected chi connectivity index (χ3v) is 4.26.